The third kappa shape index (κ3) is 2.18. The summed E-state index contributed by atoms with van der Waals surface area (Å²) in [4.78, 5) is 4.36. The zero-order valence-corrected chi connectivity index (χ0v) is 8.72. The van der Waals surface area contributed by atoms with E-state index in [0.717, 1.165) is 18.5 Å². The zero-order valence-electron chi connectivity index (χ0n) is 8.72. The third-order valence-corrected chi connectivity index (χ3v) is 2.53. The van der Waals surface area contributed by atoms with Gasteiger partial charge in [0, 0.05) is 11.9 Å². The minimum Gasteiger partial charge on any atom is -0.261 e. The summed E-state index contributed by atoms with van der Waals surface area (Å²) in [6, 6.07) is 0. The number of hydrogen-bond donors (Lipinski definition) is 0. The van der Waals surface area contributed by atoms with Crippen LogP contribution in [-0.2, 0) is 6.42 Å². The molecule has 0 aliphatic carbocycles. The number of allylic oxidation sites excluding steroid dienone is 1. The van der Waals surface area contributed by atoms with Crippen LogP contribution in [0.4, 0.5) is 0 Å². The Morgan fingerprint density at radius 1 is 1.38 bits per heavy atom. The highest BCUT2D eigenvalue weighted by atomic mass is 14.7. The number of pyridine rings is 1. The summed E-state index contributed by atoms with van der Waals surface area (Å²) in [6.45, 7) is 10.1. The minimum atomic E-state index is 1.03. The molecule has 0 bridgehead atoms. The van der Waals surface area contributed by atoms with Crippen LogP contribution >= 0.6 is 0 Å². The van der Waals surface area contributed by atoms with Crippen LogP contribution in [0.5, 0.6) is 0 Å². The number of rotatable bonds is 3. The second-order valence-corrected chi connectivity index (χ2v) is 3.46. The van der Waals surface area contributed by atoms with E-state index in [1.807, 2.05) is 12.3 Å². The van der Waals surface area contributed by atoms with Crippen LogP contribution < -0.4 is 0 Å². The summed E-state index contributed by atoms with van der Waals surface area (Å²) < 4.78 is 0. The number of aromatic nitrogens is 1. The van der Waals surface area contributed by atoms with Crippen molar-refractivity contribution in [1.29, 1.82) is 0 Å². The molecule has 0 aliphatic heterocycles. The van der Waals surface area contributed by atoms with Gasteiger partial charge >= 0.3 is 0 Å². The third-order valence-electron chi connectivity index (χ3n) is 2.53. The summed E-state index contributed by atoms with van der Waals surface area (Å²) in [5.41, 5.74) is 5.21. The van der Waals surface area contributed by atoms with Crippen molar-refractivity contribution in [3.63, 3.8) is 0 Å². The average Bonchev–Trinajstić information content (AvgIpc) is 2.12. The van der Waals surface area contributed by atoms with Gasteiger partial charge in [-0.3, -0.25) is 4.98 Å². The SMILES string of the molecule is C=CCCc1c(C)ncc(C)c1C. The van der Waals surface area contributed by atoms with E-state index in [0.29, 0.717) is 0 Å². The molecule has 1 heterocycles. The maximum absolute atomic E-state index is 4.36. The quantitative estimate of drug-likeness (QED) is 0.643. The molecule has 1 heteroatoms. The summed E-state index contributed by atoms with van der Waals surface area (Å²) in [7, 11) is 0. The smallest absolute Gasteiger partial charge is 0.0407 e. The van der Waals surface area contributed by atoms with Gasteiger partial charge in [0.15, 0.2) is 0 Å². The summed E-state index contributed by atoms with van der Waals surface area (Å²) in [5.74, 6) is 0. The predicted molar refractivity (Wildman–Crippen MR) is 57.0 cm³/mol. The fraction of sp³-hybridized carbons (Fsp3) is 0.417. The number of aryl methyl sites for hydroxylation is 2. The van der Waals surface area contributed by atoms with Gasteiger partial charge in [-0.2, -0.15) is 0 Å². The van der Waals surface area contributed by atoms with Crippen molar-refractivity contribution in [3.8, 4) is 0 Å². The van der Waals surface area contributed by atoms with E-state index in [9.17, 15) is 0 Å². The van der Waals surface area contributed by atoms with E-state index in [2.05, 4.69) is 32.3 Å². The van der Waals surface area contributed by atoms with E-state index in [1.54, 1.807) is 0 Å². The van der Waals surface area contributed by atoms with Crippen molar-refractivity contribution in [2.24, 2.45) is 0 Å². The number of hydrogen-bond acceptors (Lipinski definition) is 1. The lowest BCUT2D eigenvalue weighted by molar-refractivity contribution is 0.938. The van der Waals surface area contributed by atoms with Crippen molar-refractivity contribution in [2.75, 3.05) is 0 Å². The monoisotopic (exact) mass is 175 g/mol. The van der Waals surface area contributed by atoms with Crippen molar-refractivity contribution < 1.29 is 0 Å². The highest BCUT2D eigenvalue weighted by molar-refractivity contribution is 5.34. The number of nitrogens with zero attached hydrogens (tertiary/aromatic N) is 1. The molecule has 0 atom stereocenters. The van der Waals surface area contributed by atoms with Crippen LogP contribution in [0.2, 0.25) is 0 Å². The first kappa shape index (κ1) is 9.97. The molecule has 1 nitrogen and oxygen atoms in total. The fourth-order valence-corrected chi connectivity index (χ4v) is 1.49. The Hall–Kier alpha value is -1.11. The Morgan fingerprint density at radius 3 is 2.69 bits per heavy atom. The second-order valence-electron chi connectivity index (χ2n) is 3.46. The normalized spacial score (nSPS) is 10.1. The maximum Gasteiger partial charge on any atom is 0.0407 e. The van der Waals surface area contributed by atoms with Gasteiger partial charge in [-0.15, -0.1) is 6.58 Å². The minimum absolute atomic E-state index is 1.03. The predicted octanol–water partition coefficient (Wildman–Crippen LogP) is 3.13. The van der Waals surface area contributed by atoms with Crippen molar-refractivity contribution >= 4 is 0 Å². The first-order valence-electron chi connectivity index (χ1n) is 4.69. The molecule has 0 aromatic carbocycles. The maximum atomic E-state index is 4.36. The van der Waals surface area contributed by atoms with Gasteiger partial charge in [0.1, 0.15) is 0 Å². The van der Waals surface area contributed by atoms with Crippen LogP contribution in [0.15, 0.2) is 18.9 Å². The van der Waals surface area contributed by atoms with Gasteiger partial charge in [0.05, 0.1) is 0 Å². The molecular weight excluding hydrogens is 158 g/mol. The molecule has 1 rings (SSSR count). The molecule has 1 aromatic heterocycles. The average molecular weight is 175 g/mol. The molecule has 0 unspecified atom stereocenters. The summed E-state index contributed by atoms with van der Waals surface area (Å²) in [6.07, 6.45) is 6.01. The van der Waals surface area contributed by atoms with Gasteiger partial charge in [-0.1, -0.05) is 6.08 Å². The standard InChI is InChI=1S/C12H17N/c1-5-6-7-12-10(3)9(2)8-13-11(12)4/h5,8H,1,6-7H2,2-4H3. The topological polar surface area (TPSA) is 12.9 Å². The zero-order chi connectivity index (χ0) is 9.84. The van der Waals surface area contributed by atoms with Crippen LogP contribution in [-0.4, -0.2) is 4.98 Å². The Labute approximate surface area is 80.5 Å². The molecule has 0 spiro atoms. The van der Waals surface area contributed by atoms with E-state index in [1.165, 1.54) is 16.7 Å². The van der Waals surface area contributed by atoms with Crippen molar-refractivity contribution in [3.05, 3.63) is 41.2 Å². The van der Waals surface area contributed by atoms with E-state index < -0.39 is 0 Å². The lowest BCUT2D eigenvalue weighted by Crippen LogP contribution is -1.98. The van der Waals surface area contributed by atoms with Crippen molar-refractivity contribution in [2.45, 2.75) is 33.6 Å². The van der Waals surface area contributed by atoms with E-state index in [-0.39, 0.29) is 0 Å². The molecule has 0 N–H and O–H groups in total. The molecule has 70 valence electrons. The van der Waals surface area contributed by atoms with Crippen LogP contribution in [0.1, 0.15) is 28.8 Å². The molecule has 0 radical (unpaired) electrons. The molecule has 0 saturated carbocycles. The van der Waals surface area contributed by atoms with Gasteiger partial charge in [0.2, 0.25) is 0 Å². The van der Waals surface area contributed by atoms with E-state index in [4.69, 9.17) is 0 Å². The molecular formula is C12H17N. The second kappa shape index (κ2) is 4.22. The van der Waals surface area contributed by atoms with Crippen LogP contribution in [0, 0.1) is 20.8 Å². The van der Waals surface area contributed by atoms with Crippen LogP contribution in [0.3, 0.4) is 0 Å². The highest BCUT2D eigenvalue weighted by Gasteiger charge is 2.04. The van der Waals surface area contributed by atoms with Gasteiger partial charge in [0.25, 0.3) is 0 Å². The van der Waals surface area contributed by atoms with Crippen LogP contribution in [0.25, 0.3) is 0 Å². The Kier molecular flexibility index (Phi) is 3.24. The lowest BCUT2D eigenvalue weighted by atomic mass is 10.00. The lowest BCUT2D eigenvalue weighted by Gasteiger charge is -2.09. The Balaban J connectivity index is 3.02. The Bertz CT molecular complexity index is 313. The first-order valence-corrected chi connectivity index (χ1v) is 4.69. The molecule has 1 aromatic rings. The van der Waals surface area contributed by atoms with E-state index >= 15 is 0 Å². The molecule has 13 heavy (non-hydrogen) atoms. The van der Waals surface area contributed by atoms with Gasteiger partial charge < -0.3 is 0 Å². The highest BCUT2D eigenvalue weighted by Crippen LogP contribution is 2.16. The molecule has 0 fully saturated rings. The largest absolute Gasteiger partial charge is 0.261 e. The Morgan fingerprint density at radius 2 is 2.08 bits per heavy atom. The molecule has 0 amide bonds. The van der Waals surface area contributed by atoms with Gasteiger partial charge in [-0.05, 0) is 50.3 Å². The van der Waals surface area contributed by atoms with Gasteiger partial charge in [-0.25, -0.2) is 0 Å². The first-order chi connectivity index (χ1) is 6.16. The summed E-state index contributed by atoms with van der Waals surface area (Å²) in [5, 5.41) is 0. The molecule has 0 saturated heterocycles. The van der Waals surface area contributed by atoms with Crippen molar-refractivity contribution in [1.82, 2.24) is 4.98 Å². The fourth-order valence-electron chi connectivity index (χ4n) is 1.49. The summed E-state index contributed by atoms with van der Waals surface area (Å²) >= 11 is 0. The molecule has 0 aliphatic rings.